The monoisotopic (exact) mass is 198 g/mol. The molecule has 0 saturated carbocycles. The van der Waals surface area contributed by atoms with E-state index in [1.165, 1.54) is 5.69 Å². The highest BCUT2D eigenvalue weighted by Gasteiger charge is 2.20. The summed E-state index contributed by atoms with van der Waals surface area (Å²) < 4.78 is 5.33. The first-order chi connectivity index (χ1) is 6.27. The Morgan fingerprint density at radius 1 is 1.62 bits per heavy atom. The fourth-order valence-corrected chi connectivity index (χ4v) is 2.28. The standard InChI is InChI=1S/C9H14N2OS/c1-11(2)9-10-8(6-13-9)7-3-4-12-5-7/h6-7H,3-5H2,1-2H3. The summed E-state index contributed by atoms with van der Waals surface area (Å²) in [5, 5.41) is 3.23. The Kier molecular flexibility index (Phi) is 2.51. The third kappa shape index (κ3) is 1.84. The molecule has 1 unspecified atom stereocenters. The van der Waals surface area contributed by atoms with E-state index in [9.17, 15) is 0 Å². The highest BCUT2D eigenvalue weighted by Crippen LogP contribution is 2.28. The first kappa shape index (κ1) is 8.97. The zero-order valence-corrected chi connectivity index (χ0v) is 8.80. The maximum absolute atomic E-state index is 5.33. The molecule has 0 spiro atoms. The fourth-order valence-electron chi connectivity index (χ4n) is 1.44. The maximum atomic E-state index is 5.33. The molecule has 1 aliphatic rings. The Morgan fingerprint density at radius 2 is 2.46 bits per heavy atom. The average molecular weight is 198 g/mol. The van der Waals surface area contributed by atoms with Gasteiger partial charge in [-0.25, -0.2) is 4.98 Å². The molecule has 0 radical (unpaired) electrons. The van der Waals surface area contributed by atoms with E-state index in [-0.39, 0.29) is 0 Å². The minimum atomic E-state index is 0.532. The van der Waals surface area contributed by atoms with Crippen LogP contribution >= 0.6 is 11.3 Å². The molecule has 0 aliphatic carbocycles. The molecule has 2 rings (SSSR count). The van der Waals surface area contributed by atoms with Crippen LogP contribution in [0.15, 0.2) is 5.38 Å². The molecule has 3 nitrogen and oxygen atoms in total. The van der Waals surface area contributed by atoms with Crippen LogP contribution in [-0.2, 0) is 4.74 Å². The lowest BCUT2D eigenvalue weighted by Crippen LogP contribution is -2.08. The fraction of sp³-hybridized carbons (Fsp3) is 0.667. The van der Waals surface area contributed by atoms with E-state index in [1.54, 1.807) is 11.3 Å². The Labute approximate surface area is 82.3 Å². The molecule has 0 aromatic carbocycles. The number of anilines is 1. The van der Waals surface area contributed by atoms with Crippen LogP contribution in [0.3, 0.4) is 0 Å². The topological polar surface area (TPSA) is 25.4 Å². The van der Waals surface area contributed by atoms with Crippen molar-refractivity contribution in [3.8, 4) is 0 Å². The van der Waals surface area contributed by atoms with Crippen LogP contribution in [0.5, 0.6) is 0 Å². The Morgan fingerprint density at radius 3 is 3.00 bits per heavy atom. The van der Waals surface area contributed by atoms with E-state index in [0.717, 1.165) is 24.8 Å². The average Bonchev–Trinajstić information content (AvgIpc) is 2.75. The number of hydrogen-bond acceptors (Lipinski definition) is 4. The normalized spacial score (nSPS) is 22.2. The van der Waals surface area contributed by atoms with Crippen molar-refractivity contribution in [1.29, 1.82) is 0 Å². The second kappa shape index (κ2) is 3.64. The van der Waals surface area contributed by atoms with Crippen molar-refractivity contribution in [3.05, 3.63) is 11.1 Å². The van der Waals surface area contributed by atoms with E-state index in [2.05, 4.69) is 10.4 Å². The van der Waals surface area contributed by atoms with Gasteiger partial charge in [-0.05, 0) is 6.42 Å². The van der Waals surface area contributed by atoms with E-state index >= 15 is 0 Å². The van der Waals surface area contributed by atoms with E-state index in [1.807, 2.05) is 19.0 Å². The lowest BCUT2D eigenvalue weighted by molar-refractivity contribution is 0.193. The third-order valence-corrected chi connectivity index (χ3v) is 3.27. The first-order valence-corrected chi connectivity index (χ1v) is 5.36. The van der Waals surface area contributed by atoms with Crippen molar-refractivity contribution < 1.29 is 4.74 Å². The second-order valence-corrected chi connectivity index (χ2v) is 4.35. The van der Waals surface area contributed by atoms with Crippen LogP contribution in [0.25, 0.3) is 0 Å². The molecular weight excluding hydrogens is 184 g/mol. The van der Waals surface area contributed by atoms with Gasteiger partial charge in [0, 0.05) is 32.0 Å². The van der Waals surface area contributed by atoms with E-state index < -0.39 is 0 Å². The van der Waals surface area contributed by atoms with Gasteiger partial charge in [0.25, 0.3) is 0 Å². The van der Waals surface area contributed by atoms with Crippen LogP contribution in [0, 0.1) is 0 Å². The molecule has 0 bridgehead atoms. The number of nitrogens with zero attached hydrogens (tertiary/aromatic N) is 2. The Hall–Kier alpha value is -0.610. The van der Waals surface area contributed by atoms with Crippen LogP contribution < -0.4 is 4.90 Å². The molecule has 1 aromatic heterocycles. The molecule has 1 fully saturated rings. The largest absolute Gasteiger partial charge is 0.381 e. The number of aromatic nitrogens is 1. The van der Waals surface area contributed by atoms with Crippen LogP contribution in [0.2, 0.25) is 0 Å². The molecule has 1 aromatic rings. The van der Waals surface area contributed by atoms with Crippen molar-refractivity contribution in [1.82, 2.24) is 4.98 Å². The molecule has 72 valence electrons. The summed E-state index contributed by atoms with van der Waals surface area (Å²) in [6, 6.07) is 0. The predicted octanol–water partition coefficient (Wildman–Crippen LogP) is 1.71. The number of hydrogen-bond donors (Lipinski definition) is 0. The Bertz CT molecular complexity index is 279. The molecule has 1 atom stereocenters. The molecule has 0 N–H and O–H groups in total. The van der Waals surface area contributed by atoms with Crippen LogP contribution in [0.4, 0.5) is 5.13 Å². The molecular formula is C9H14N2OS. The molecule has 1 saturated heterocycles. The van der Waals surface area contributed by atoms with Gasteiger partial charge >= 0.3 is 0 Å². The van der Waals surface area contributed by atoms with Gasteiger partial charge in [-0.2, -0.15) is 0 Å². The minimum absolute atomic E-state index is 0.532. The van der Waals surface area contributed by atoms with Gasteiger partial charge in [-0.15, -0.1) is 11.3 Å². The quantitative estimate of drug-likeness (QED) is 0.723. The van der Waals surface area contributed by atoms with Crippen molar-refractivity contribution in [3.63, 3.8) is 0 Å². The second-order valence-electron chi connectivity index (χ2n) is 3.51. The van der Waals surface area contributed by atoms with Crippen molar-refractivity contribution in [2.24, 2.45) is 0 Å². The molecule has 2 heterocycles. The highest BCUT2D eigenvalue weighted by atomic mass is 32.1. The summed E-state index contributed by atoms with van der Waals surface area (Å²) in [5.74, 6) is 0.532. The zero-order chi connectivity index (χ0) is 9.26. The summed E-state index contributed by atoms with van der Waals surface area (Å²) in [4.78, 5) is 6.60. The summed E-state index contributed by atoms with van der Waals surface area (Å²) in [6.07, 6.45) is 1.12. The van der Waals surface area contributed by atoms with Gasteiger partial charge in [0.2, 0.25) is 0 Å². The lowest BCUT2D eigenvalue weighted by atomic mass is 10.1. The first-order valence-electron chi connectivity index (χ1n) is 4.48. The van der Waals surface area contributed by atoms with Gasteiger partial charge in [-0.1, -0.05) is 0 Å². The molecule has 1 aliphatic heterocycles. The summed E-state index contributed by atoms with van der Waals surface area (Å²) in [5.41, 5.74) is 1.20. The van der Waals surface area contributed by atoms with Gasteiger partial charge in [0.1, 0.15) is 0 Å². The molecule has 4 heteroatoms. The lowest BCUT2D eigenvalue weighted by Gasteiger charge is -2.06. The van der Waals surface area contributed by atoms with Crippen molar-refractivity contribution >= 4 is 16.5 Å². The van der Waals surface area contributed by atoms with E-state index in [0.29, 0.717) is 5.92 Å². The molecule has 0 amide bonds. The van der Waals surface area contributed by atoms with Gasteiger partial charge in [0.05, 0.1) is 12.3 Å². The summed E-state index contributed by atoms with van der Waals surface area (Å²) >= 11 is 1.70. The number of rotatable bonds is 2. The smallest absolute Gasteiger partial charge is 0.184 e. The van der Waals surface area contributed by atoms with E-state index in [4.69, 9.17) is 4.74 Å². The summed E-state index contributed by atoms with van der Waals surface area (Å²) in [6.45, 7) is 1.73. The van der Waals surface area contributed by atoms with Crippen molar-refractivity contribution in [2.75, 3.05) is 32.2 Å². The predicted molar refractivity (Wildman–Crippen MR) is 54.6 cm³/mol. The number of thiazole rings is 1. The highest BCUT2D eigenvalue weighted by molar-refractivity contribution is 7.13. The van der Waals surface area contributed by atoms with Crippen molar-refractivity contribution in [2.45, 2.75) is 12.3 Å². The van der Waals surface area contributed by atoms with Gasteiger partial charge in [-0.3, -0.25) is 0 Å². The Balaban J connectivity index is 2.12. The molecule has 13 heavy (non-hydrogen) atoms. The maximum Gasteiger partial charge on any atom is 0.184 e. The van der Waals surface area contributed by atoms with Crippen LogP contribution in [-0.4, -0.2) is 32.3 Å². The van der Waals surface area contributed by atoms with Crippen LogP contribution in [0.1, 0.15) is 18.0 Å². The summed E-state index contributed by atoms with van der Waals surface area (Å²) in [7, 11) is 4.04. The van der Waals surface area contributed by atoms with Gasteiger partial charge < -0.3 is 9.64 Å². The minimum Gasteiger partial charge on any atom is -0.381 e. The number of ether oxygens (including phenoxy) is 1. The zero-order valence-electron chi connectivity index (χ0n) is 7.99. The van der Waals surface area contributed by atoms with Gasteiger partial charge in [0.15, 0.2) is 5.13 Å². The third-order valence-electron chi connectivity index (χ3n) is 2.24. The SMILES string of the molecule is CN(C)c1nc(C2CCOC2)cs1.